The molecule has 2 aromatic heterocycles. The fourth-order valence-electron chi connectivity index (χ4n) is 6.05. The van der Waals surface area contributed by atoms with Gasteiger partial charge in [-0.1, -0.05) is 56.9 Å². The van der Waals surface area contributed by atoms with Crippen molar-refractivity contribution in [1.82, 2.24) is 24.3 Å². The van der Waals surface area contributed by atoms with Crippen LogP contribution in [-0.4, -0.2) is 74.8 Å². The summed E-state index contributed by atoms with van der Waals surface area (Å²) in [6.07, 6.45) is 15.5. The normalized spacial score (nSPS) is 20.9. The molecule has 0 radical (unpaired) electrons. The van der Waals surface area contributed by atoms with Gasteiger partial charge in [0, 0.05) is 68.7 Å². The molecule has 0 bridgehead atoms. The molecule has 2 N–H and O–H groups in total. The molecule has 0 atom stereocenters. The molecule has 1 aromatic carbocycles. The molecule has 2 fully saturated rings. The summed E-state index contributed by atoms with van der Waals surface area (Å²) < 4.78 is 2.35. The molecule has 3 aromatic rings. The van der Waals surface area contributed by atoms with Gasteiger partial charge in [0.25, 0.3) is 0 Å². The summed E-state index contributed by atoms with van der Waals surface area (Å²) in [4.78, 5) is 14.6. The maximum absolute atomic E-state index is 10.1. The average molecular weight is 529 g/mol. The zero-order valence-corrected chi connectivity index (χ0v) is 23.6. The van der Waals surface area contributed by atoms with Crippen molar-refractivity contribution in [2.45, 2.75) is 71.1 Å². The second kappa shape index (κ2) is 13.0. The number of anilines is 1. The van der Waals surface area contributed by atoms with Gasteiger partial charge in [0.2, 0.25) is 5.95 Å². The minimum absolute atomic E-state index is 0.178. The number of hydrogen-bond acceptors (Lipinski definition) is 6. The van der Waals surface area contributed by atoms with E-state index in [4.69, 9.17) is 16.4 Å². The molecule has 7 nitrogen and oxygen atoms in total. The Labute approximate surface area is 233 Å². The number of aliphatic hydroxyl groups excluding tert-OH is 1. The Morgan fingerprint density at radius 1 is 1.03 bits per heavy atom. The molecule has 0 unspecified atom stereocenters. The van der Waals surface area contributed by atoms with Crippen molar-refractivity contribution in [3.8, 4) is 23.5 Å². The van der Waals surface area contributed by atoms with Crippen LogP contribution in [0.1, 0.15) is 64.0 Å². The minimum atomic E-state index is -0.178. The Morgan fingerprint density at radius 3 is 2.38 bits per heavy atom. The van der Waals surface area contributed by atoms with Gasteiger partial charge in [-0.2, -0.15) is 4.98 Å². The Balaban J connectivity index is 1.37. The van der Waals surface area contributed by atoms with E-state index in [1.165, 1.54) is 16.7 Å². The monoisotopic (exact) mass is 528 g/mol. The van der Waals surface area contributed by atoms with Gasteiger partial charge in [0.05, 0.1) is 12.6 Å². The summed E-state index contributed by atoms with van der Waals surface area (Å²) in [6.45, 7) is 11.3. The fraction of sp³-hybridized carbons (Fsp3) is 0.562. The summed E-state index contributed by atoms with van der Waals surface area (Å²) in [6, 6.07) is 9.35. The van der Waals surface area contributed by atoms with Crippen LogP contribution in [0.3, 0.4) is 0 Å². The highest BCUT2D eigenvalue weighted by Gasteiger charge is 2.24. The van der Waals surface area contributed by atoms with Crippen molar-refractivity contribution < 1.29 is 5.11 Å². The lowest BCUT2D eigenvalue weighted by Crippen LogP contribution is -2.45. The first kappa shape index (κ1) is 27.6. The number of nitrogens with one attached hydrogen (secondary N) is 1. The van der Waals surface area contributed by atoms with Crippen molar-refractivity contribution in [2.24, 2.45) is 5.92 Å². The number of benzene rings is 1. The first-order chi connectivity index (χ1) is 19.1. The molecule has 2 aliphatic rings. The molecule has 7 heteroatoms. The molecule has 208 valence electrons. The molecule has 39 heavy (non-hydrogen) atoms. The van der Waals surface area contributed by atoms with Crippen LogP contribution < -0.4 is 5.32 Å². The van der Waals surface area contributed by atoms with E-state index in [1.807, 2.05) is 6.20 Å². The number of terminal acetylenes is 1. The van der Waals surface area contributed by atoms with E-state index in [0.29, 0.717) is 17.9 Å². The number of aromatic nitrogens is 3. The van der Waals surface area contributed by atoms with E-state index < -0.39 is 0 Å². The van der Waals surface area contributed by atoms with Crippen LogP contribution in [0.25, 0.3) is 22.2 Å². The van der Waals surface area contributed by atoms with Crippen molar-refractivity contribution in [1.29, 1.82) is 0 Å². The molecule has 0 spiro atoms. The van der Waals surface area contributed by atoms with Crippen molar-refractivity contribution >= 4 is 17.0 Å². The van der Waals surface area contributed by atoms with Crippen LogP contribution in [0.4, 0.5) is 5.95 Å². The van der Waals surface area contributed by atoms with Crippen molar-refractivity contribution in [2.75, 3.05) is 44.6 Å². The number of aliphatic hydroxyl groups is 1. The van der Waals surface area contributed by atoms with Crippen LogP contribution >= 0.6 is 0 Å². The highest BCUT2D eigenvalue weighted by atomic mass is 16.3. The number of nitrogens with zero attached hydrogens (tertiary/aromatic N) is 5. The second-order valence-electron chi connectivity index (χ2n) is 11.4. The molecule has 1 aliphatic heterocycles. The van der Waals surface area contributed by atoms with Crippen LogP contribution in [-0.2, 0) is 6.54 Å². The minimum Gasteiger partial charge on any atom is -0.393 e. The molecule has 1 saturated carbocycles. The number of piperazine rings is 1. The second-order valence-corrected chi connectivity index (χ2v) is 11.4. The lowest BCUT2D eigenvalue weighted by Gasteiger charge is -2.33. The zero-order valence-electron chi connectivity index (χ0n) is 23.6. The first-order valence-corrected chi connectivity index (χ1v) is 14.8. The fourth-order valence-corrected chi connectivity index (χ4v) is 6.05. The van der Waals surface area contributed by atoms with E-state index in [0.717, 1.165) is 95.4 Å². The maximum atomic E-state index is 10.1. The van der Waals surface area contributed by atoms with Crippen LogP contribution in [0.5, 0.6) is 0 Å². The highest BCUT2D eigenvalue weighted by molar-refractivity contribution is 5.94. The molecule has 0 amide bonds. The van der Waals surface area contributed by atoms with Crippen molar-refractivity contribution in [3.63, 3.8) is 0 Å². The third kappa shape index (κ3) is 6.63. The molecule has 1 aliphatic carbocycles. The van der Waals surface area contributed by atoms with Gasteiger partial charge >= 0.3 is 0 Å². The number of fused-ring (bicyclic) bond motifs is 1. The van der Waals surface area contributed by atoms with E-state index in [-0.39, 0.29) is 6.10 Å². The third-order valence-electron chi connectivity index (χ3n) is 8.79. The summed E-state index contributed by atoms with van der Waals surface area (Å²) in [5.74, 6) is 4.09. The standard InChI is InChI=1S/C32H44N6O/c1-4-15-36-16-18-37(19-17-36)22-25-7-9-26(10-8-25)30-23-38(27-11-13-28(39)14-12-27)31-29(30)21-34-32(35-31)33-20-24(5-2)6-3/h1,7-10,21,23-24,27-28,39H,5-6,11-20,22H2,2-3H3,(H,33,34,35). The van der Waals surface area contributed by atoms with Crippen molar-refractivity contribution in [3.05, 3.63) is 42.2 Å². The lowest BCUT2D eigenvalue weighted by atomic mass is 9.93. The predicted molar refractivity (Wildman–Crippen MR) is 160 cm³/mol. The Bertz CT molecular complexity index is 1240. The van der Waals surface area contributed by atoms with Gasteiger partial charge in [0.15, 0.2) is 0 Å². The van der Waals surface area contributed by atoms with Gasteiger partial charge in [-0.15, -0.1) is 6.42 Å². The molecular formula is C32H44N6O. The molecule has 1 saturated heterocycles. The van der Waals surface area contributed by atoms with Gasteiger partial charge in [-0.25, -0.2) is 4.98 Å². The summed E-state index contributed by atoms with van der Waals surface area (Å²) in [5.41, 5.74) is 4.69. The number of rotatable bonds is 10. The van der Waals surface area contributed by atoms with Gasteiger partial charge in [-0.05, 0) is 42.7 Å². The van der Waals surface area contributed by atoms with E-state index in [1.54, 1.807) is 0 Å². The predicted octanol–water partition coefficient (Wildman–Crippen LogP) is 5.17. The lowest BCUT2D eigenvalue weighted by molar-refractivity contribution is 0.111. The first-order valence-electron chi connectivity index (χ1n) is 14.8. The smallest absolute Gasteiger partial charge is 0.224 e. The van der Waals surface area contributed by atoms with Crippen LogP contribution in [0, 0.1) is 18.3 Å². The Hall–Kier alpha value is -2.92. The number of hydrogen-bond donors (Lipinski definition) is 2. The summed E-state index contributed by atoms with van der Waals surface area (Å²) in [5, 5.41) is 14.7. The van der Waals surface area contributed by atoms with E-state index >= 15 is 0 Å². The van der Waals surface area contributed by atoms with Gasteiger partial charge < -0.3 is 15.0 Å². The Morgan fingerprint density at radius 2 is 1.72 bits per heavy atom. The SMILES string of the molecule is C#CCN1CCN(Cc2ccc(-c3cn(C4CCC(O)CC4)c4nc(NCC(CC)CC)ncc34)cc2)CC1. The summed E-state index contributed by atoms with van der Waals surface area (Å²) in [7, 11) is 0. The molecular weight excluding hydrogens is 484 g/mol. The van der Waals surface area contributed by atoms with E-state index in [2.05, 4.69) is 69.9 Å². The van der Waals surface area contributed by atoms with Crippen LogP contribution in [0.2, 0.25) is 0 Å². The van der Waals surface area contributed by atoms with E-state index in [9.17, 15) is 5.11 Å². The Kier molecular flexibility index (Phi) is 9.18. The zero-order chi connectivity index (χ0) is 27.2. The largest absolute Gasteiger partial charge is 0.393 e. The quantitative estimate of drug-likeness (QED) is 0.354. The average Bonchev–Trinajstić information content (AvgIpc) is 3.34. The topological polar surface area (TPSA) is 69.5 Å². The summed E-state index contributed by atoms with van der Waals surface area (Å²) >= 11 is 0. The highest BCUT2D eigenvalue weighted by Crippen LogP contribution is 2.37. The van der Waals surface area contributed by atoms with Gasteiger partial charge in [0.1, 0.15) is 5.65 Å². The maximum Gasteiger partial charge on any atom is 0.224 e. The van der Waals surface area contributed by atoms with Crippen LogP contribution in [0.15, 0.2) is 36.7 Å². The molecule has 3 heterocycles. The van der Waals surface area contributed by atoms with Gasteiger partial charge in [-0.3, -0.25) is 9.80 Å². The third-order valence-corrected chi connectivity index (χ3v) is 8.79. The molecule has 5 rings (SSSR count).